The van der Waals surface area contributed by atoms with Crippen molar-refractivity contribution in [2.45, 2.75) is 50.5 Å². The van der Waals surface area contributed by atoms with E-state index >= 15 is 0 Å². The van der Waals surface area contributed by atoms with Crippen LogP contribution in [0.3, 0.4) is 0 Å². The van der Waals surface area contributed by atoms with Gasteiger partial charge in [-0.1, -0.05) is 30.3 Å². The molecule has 4 nitrogen and oxygen atoms in total. The second-order valence-electron chi connectivity index (χ2n) is 6.76. The summed E-state index contributed by atoms with van der Waals surface area (Å²) < 4.78 is 10.9. The van der Waals surface area contributed by atoms with Crippen LogP contribution < -0.4 is 5.32 Å². The van der Waals surface area contributed by atoms with E-state index in [9.17, 15) is 4.79 Å². The highest BCUT2D eigenvalue weighted by molar-refractivity contribution is 5.83. The molecule has 1 aromatic carbocycles. The highest BCUT2D eigenvalue weighted by Gasteiger charge is 2.54. The van der Waals surface area contributed by atoms with Gasteiger partial charge in [-0.25, -0.2) is 0 Å². The molecule has 2 aliphatic carbocycles. The van der Waals surface area contributed by atoms with Crippen LogP contribution in [-0.2, 0) is 20.9 Å². The minimum absolute atomic E-state index is 0.0750. The minimum Gasteiger partial charge on any atom is -0.374 e. The molecular formula is C17H21NO3. The minimum atomic E-state index is -0.162. The Balaban J connectivity index is 1.16. The van der Waals surface area contributed by atoms with Crippen LogP contribution in [0.2, 0.25) is 0 Å². The van der Waals surface area contributed by atoms with E-state index in [0.717, 1.165) is 25.7 Å². The number of ether oxygens (including phenoxy) is 2. The maximum atomic E-state index is 11.6. The Morgan fingerprint density at radius 3 is 2.62 bits per heavy atom. The molecule has 1 unspecified atom stereocenters. The maximum Gasteiger partial charge on any atom is 0.251 e. The summed E-state index contributed by atoms with van der Waals surface area (Å²) in [4.78, 5) is 11.6. The smallest absolute Gasteiger partial charge is 0.251 e. The van der Waals surface area contributed by atoms with Gasteiger partial charge in [0.15, 0.2) is 6.10 Å². The first kappa shape index (κ1) is 13.3. The number of hydrogen-bond donors (Lipinski definition) is 1. The molecule has 2 saturated carbocycles. The van der Waals surface area contributed by atoms with Crippen molar-refractivity contribution in [3.05, 3.63) is 35.9 Å². The molecule has 3 fully saturated rings. The number of hydrogen-bond acceptors (Lipinski definition) is 3. The zero-order valence-electron chi connectivity index (χ0n) is 12.1. The van der Waals surface area contributed by atoms with Crippen LogP contribution in [0.1, 0.15) is 31.2 Å². The zero-order chi connectivity index (χ0) is 14.3. The van der Waals surface area contributed by atoms with E-state index in [2.05, 4.69) is 17.4 Å². The van der Waals surface area contributed by atoms with Crippen molar-refractivity contribution in [3.8, 4) is 0 Å². The Kier molecular flexibility index (Phi) is 3.23. The summed E-state index contributed by atoms with van der Waals surface area (Å²) in [7, 11) is 0. The van der Waals surface area contributed by atoms with E-state index in [1.54, 1.807) is 0 Å². The standard InChI is InChI=1S/C17H21NO3/c19-16(15-11-21-15)18-13-6-17(7-13)8-14(9-17)20-10-12-4-2-1-3-5-12/h1-5,13-15H,6-11H2,(H,18,19). The zero-order valence-corrected chi connectivity index (χ0v) is 12.1. The van der Waals surface area contributed by atoms with E-state index in [1.807, 2.05) is 18.2 Å². The van der Waals surface area contributed by atoms with Gasteiger partial charge in [0.1, 0.15) is 0 Å². The molecule has 4 rings (SSSR count). The molecular weight excluding hydrogens is 266 g/mol. The molecule has 112 valence electrons. The van der Waals surface area contributed by atoms with Crippen molar-refractivity contribution in [3.63, 3.8) is 0 Å². The quantitative estimate of drug-likeness (QED) is 0.843. The van der Waals surface area contributed by atoms with Crippen molar-refractivity contribution in [1.82, 2.24) is 5.32 Å². The highest BCUT2D eigenvalue weighted by atomic mass is 16.6. The summed E-state index contributed by atoms with van der Waals surface area (Å²) in [6, 6.07) is 10.7. The van der Waals surface area contributed by atoms with Crippen molar-refractivity contribution >= 4 is 5.91 Å². The number of epoxide rings is 1. The van der Waals surface area contributed by atoms with Crippen molar-refractivity contribution in [2.75, 3.05) is 6.61 Å². The fourth-order valence-electron chi connectivity index (χ4n) is 3.73. The Morgan fingerprint density at radius 1 is 1.24 bits per heavy atom. The van der Waals surface area contributed by atoms with Gasteiger partial charge in [0.05, 0.1) is 19.3 Å². The molecule has 1 saturated heterocycles. The first-order valence-corrected chi connectivity index (χ1v) is 7.80. The largest absolute Gasteiger partial charge is 0.374 e. The van der Waals surface area contributed by atoms with E-state index in [-0.39, 0.29) is 12.0 Å². The van der Waals surface area contributed by atoms with Crippen molar-refractivity contribution in [2.24, 2.45) is 5.41 Å². The fourth-order valence-corrected chi connectivity index (χ4v) is 3.73. The van der Waals surface area contributed by atoms with Crippen LogP contribution in [-0.4, -0.2) is 30.8 Å². The van der Waals surface area contributed by atoms with Crippen LogP contribution >= 0.6 is 0 Å². The summed E-state index contributed by atoms with van der Waals surface area (Å²) in [6.07, 6.45) is 4.74. The number of benzene rings is 1. The monoisotopic (exact) mass is 287 g/mol. The summed E-state index contributed by atoms with van der Waals surface area (Å²) in [5.41, 5.74) is 1.69. The topological polar surface area (TPSA) is 50.9 Å². The highest BCUT2D eigenvalue weighted by Crippen LogP contribution is 2.57. The molecule has 1 atom stereocenters. The van der Waals surface area contributed by atoms with Gasteiger partial charge in [-0.05, 0) is 36.7 Å². The Morgan fingerprint density at radius 2 is 1.95 bits per heavy atom. The molecule has 0 radical (unpaired) electrons. The lowest BCUT2D eigenvalue weighted by Crippen LogP contribution is -2.58. The van der Waals surface area contributed by atoms with Gasteiger partial charge in [0.25, 0.3) is 5.91 Å². The van der Waals surface area contributed by atoms with Gasteiger partial charge in [-0.15, -0.1) is 0 Å². The molecule has 1 aliphatic heterocycles. The molecule has 1 heterocycles. The second kappa shape index (κ2) is 5.11. The second-order valence-corrected chi connectivity index (χ2v) is 6.76. The average Bonchev–Trinajstić information content (AvgIpc) is 3.24. The number of amides is 1. The van der Waals surface area contributed by atoms with E-state index in [1.165, 1.54) is 5.56 Å². The third-order valence-corrected chi connectivity index (χ3v) is 4.98. The lowest BCUT2D eigenvalue weighted by molar-refractivity contribution is -0.141. The van der Waals surface area contributed by atoms with Gasteiger partial charge in [-0.3, -0.25) is 4.79 Å². The summed E-state index contributed by atoms with van der Waals surface area (Å²) in [5.74, 6) is 0.0750. The first-order chi connectivity index (χ1) is 10.2. The molecule has 3 aliphatic rings. The van der Waals surface area contributed by atoms with E-state index in [0.29, 0.717) is 30.8 Å². The molecule has 21 heavy (non-hydrogen) atoms. The predicted octanol–water partition coefficient (Wildman–Crippen LogP) is 2.03. The van der Waals surface area contributed by atoms with Gasteiger partial charge >= 0.3 is 0 Å². The SMILES string of the molecule is O=C(NC1CC2(C1)CC(OCc1ccccc1)C2)C1CO1. The summed E-state index contributed by atoms with van der Waals surface area (Å²) in [5, 5.41) is 3.07. The van der Waals surface area contributed by atoms with Crippen molar-refractivity contribution < 1.29 is 14.3 Å². The van der Waals surface area contributed by atoms with Crippen LogP contribution in [0.25, 0.3) is 0 Å². The fraction of sp³-hybridized carbons (Fsp3) is 0.588. The third kappa shape index (κ3) is 2.83. The Hall–Kier alpha value is -1.39. The number of carbonyl (C=O) groups is 1. The third-order valence-electron chi connectivity index (χ3n) is 4.98. The molecule has 1 spiro atoms. The number of rotatable bonds is 5. The first-order valence-electron chi connectivity index (χ1n) is 7.80. The predicted molar refractivity (Wildman–Crippen MR) is 77.6 cm³/mol. The summed E-state index contributed by atoms with van der Waals surface area (Å²) >= 11 is 0. The summed E-state index contributed by atoms with van der Waals surface area (Å²) in [6.45, 7) is 1.31. The Bertz CT molecular complexity index is 512. The van der Waals surface area contributed by atoms with E-state index in [4.69, 9.17) is 9.47 Å². The lowest BCUT2D eigenvalue weighted by atomic mass is 9.53. The molecule has 1 amide bonds. The number of carbonyl (C=O) groups excluding carboxylic acids is 1. The lowest BCUT2D eigenvalue weighted by Gasteiger charge is -2.57. The van der Waals surface area contributed by atoms with Crippen LogP contribution in [0.15, 0.2) is 30.3 Å². The van der Waals surface area contributed by atoms with Gasteiger partial charge in [0.2, 0.25) is 0 Å². The average molecular weight is 287 g/mol. The van der Waals surface area contributed by atoms with E-state index < -0.39 is 0 Å². The van der Waals surface area contributed by atoms with Gasteiger partial charge in [0, 0.05) is 6.04 Å². The molecule has 0 bridgehead atoms. The van der Waals surface area contributed by atoms with Gasteiger partial charge in [-0.2, -0.15) is 0 Å². The Labute approximate surface area is 124 Å². The normalized spacial score (nSPS) is 36.7. The maximum absolute atomic E-state index is 11.6. The van der Waals surface area contributed by atoms with Gasteiger partial charge < -0.3 is 14.8 Å². The molecule has 0 aromatic heterocycles. The number of nitrogens with one attached hydrogen (secondary N) is 1. The molecule has 4 heteroatoms. The molecule has 1 aromatic rings. The van der Waals surface area contributed by atoms with Crippen LogP contribution in [0, 0.1) is 5.41 Å². The van der Waals surface area contributed by atoms with Crippen LogP contribution in [0.5, 0.6) is 0 Å². The van der Waals surface area contributed by atoms with Crippen molar-refractivity contribution in [1.29, 1.82) is 0 Å². The van der Waals surface area contributed by atoms with Crippen LogP contribution in [0.4, 0.5) is 0 Å². The molecule has 1 N–H and O–H groups in total.